The first-order chi connectivity index (χ1) is 8.54. The summed E-state index contributed by atoms with van der Waals surface area (Å²) >= 11 is 3.38. The molecule has 0 aliphatic carbocycles. The molecule has 7 heteroatoms. The van der Waals surface area contributed by atoms with Gasteiger partial charge >= 0.3 is 10.2 Å². The number of rotatable bonds is 3. The molecule has 1 fully saturated rings. The Labute approximate surface area is 116 Å². The minimum atomic E-state index is -3.44. The summed E-state index contributed by atoms with van der Waals surface area (Å²) < 4.78 is 28.9. The van der Waals surface area contributed by atoms with Gasteiger partial charge in [0.05, 0.1) is 5.69 Å². The van der Waals surface area contributed by atoms with Crippen LogP contribution in [0.4, 0.5) is 5.69 Å². The summed E-state index contributed by atoms with van der Waals surface area (Å²) in [5.74, 6) is 0.241. The Morgan fingerprint density at radius 3 is 2.83 bits per heavy atom. The third-order valence-corrected chi connectivity index (χ3v) is 5.09. The number of hydrogen-bond acceptors (Lipinski definition) is 3. The van der Waals surface area contributed by atoms with Crippen molar-refractivity contribution in [1.82, 2.24) is 4.72 Å². The zero-order valence-electron chi connectivity index (χ0n) is 9.84. The lowest BCUT2D eigenvalue weighted by Gasteiger charge is -2.34. The predicted octanol–water partition coefficient (Wildman–Crippen LogP) is 1.07. The summed E-state index contributed by atoms with van der Waals surface area (Å²) in [7, 11) is -3.44. The number of hydrogen-bond donors (Lipinski definition) is 2. The van der Waals surface area contributed by atoms with Crippen LogP contribution in [0, 0.1) is 5.92 Å². The Morgan fingerprint density at radius 2 is 2.17 bits per heavy atom. The van der Waals surface area contributed by atoms with Gasteiger partial charge in [0.2, 0.25) is 0 Å². The van der Waals surface area contributed by atoms with Crippen molar-refractivity contribution in [1.29, 1.82) is 0 Å². The zero-order chi connectivity index (χ0) is 13.2. The zero-order valence-corrected chi connectivity index (χ0v) is 12.2. The number of nitrogens with one attached hydrogen (secondary N) is 1. The van der Waals surface area contributed by atoms with Crippen molar-refractivity contribution in [3.63, 3.8) is 0 Å². The molecular formula is C11H16BrN3O2S. The number of benzene rings is 1. The molecule has 0 saturated carbocycles. The van der Waals surface area contributed by atoms with Crippen molar-refractivity contribution in [2.24, 2.45) is 11.7 Å². The molecule has 1 aliphatic rings. The molecule has 0 aromatic heterocycles. The van der Waals surface area contributed by atoms with Crippen LogP contribution in [0.25, 0.3) is 0 Å². The van der Waals surface area contributed by atoms with Crippen LogP contribution in [-0.2, 0) is 10.2 Å². The summed E-state index contributed by atoms with van der Waals surface area (Å²) in [5.41, 5.74) is 6.19. The lowest BCUT2D eigenvalue weighted by Crippen LogP contribution is -2.52. The highest BCUT2D eigenvalue weighted by molar-refractivity contribution is 9.10. The van der Waals surface area contributed by atoms with Gasteiger partial charge in [0, 0.05) is 17.6 Å². The molecule has 2 rings (SSSR count). The van der Waals surface area contributed by atoms with Crippen LogP contribution in [0.5, 0.6) is 0 Å². The molecule has 0 bridgehead atoms. The standard InChI is InChI=1S/C11H16BrN3O2S/c12-10-3-1-2-4-11(10)15-8-9(5-6-13)7-14-18(15,16)17/h1-4,9,14H,5-8,13H2. The van der Waals surface area contributed by atoms with Gasteiger partial charge in [0.25, 0.3) is 0 Å². The minimum absolute atomic E-state index is 0.241. The van der Waals surface area contributed by atoms with E-state index in [9.17, 15) is 8.42 Å². The number of para-hydroxylation sites is 1. The summed E-state index contributed by atoms with van der Waals surface area (Å²) in [6.45, 7) is 1.49. The van der Waals surface area contributed by atoms with Crippen LogP contribution < -0.4 is 14.8 Å². The number of anilines is 1. The van der Waals surface area contributed by atoms with E-state index in [0.717, 1.165) is 10.9 Å². The molecule has 1 heterocycles. The van der Waals surface area contributed by atoms with Crippen molar-refractivity contribution >= 4 is 31.8 Å². The molecule has 0 spiro atoms. The molecule has 1 aliphatic heterocycles. The Bertz CT molecular complexity index is 521. The van der Waals surface area contributed by atoms with Crippen molar-refractivity contribution in [3.8, 4) is 0 Å². The summed E-state index contributed by atoms with van der Waals surface area (Å²) in [6.07, 6.45) is 0.809. The van der Waals surface area contributed by atoms with Crippen LogP contribution in [0.3, 0.4) is 0 Å². The monoisotopic (exact) mass is 333 g/mol. The number of halogens is 1. The molecule has 5 nitrogen and oxygen atoms in total. The van der Waals surface area contributed by atoms with Gasteiger partial charge in [-0.3, -0.25) is 4.31 Å². The molecule has 100 valence electrons. The van der Waals surface area contributed by atoms with E-state index in [4.69, 9.17) is 5.73 Å². The van der Waals surface area contributed by atoms with Gasteiger partial charge in [-0.15, -0.1) is 0 Å². The maximum absolute atomic E-state index is 12.0. The molecule has 3 N–H and O–H groups in total. The van der Waals surface area contributed by atoms with Crippen molar-refractivity contribution in [3.05, 3.63) is 28.7 Å². The van der Waals surface area contributed by atoms with Crippen molar-refractivity contribution in [2.75, 3.05) is 23.9 Å². The first-order valence-electron chi connectivity index (χ1n) is 5.76. The van der Waals surface area contributed by atoms with Crippen LogP contribution in [0.15, 0.2) is 28.7 Å². The molecule has 1 aromatic rings. The Hall–Kier alpha value is -0.630. The largest absolute Gasteiger partial charge is 0.330 e. The van der Waals surface area contributed by atoms with Gasteiger partial charge in [0.1, 0.15) is 0 Å². The summed E-state index contributed by atoms with van der Waals surface area (Å²) in [4.78, 5) is 0. The molecule has 1 aromatic carbocycles. The molecule has 18 heavy (non-hydrogen) atoms. The normalized spacial score (nSPS) is 23.0. The molecular weight excluding hydrogens is 318 g/mol. The van der Waals surface area contributed by atoms with Gasteiger partial charge in [-0.05, 0) is 46.9 Å². The average Bonchev–Trinajstić information content (AvgIpc) is 2.33. The first-order valence-corrected chi connectivity index (χ1v) is 8.00. The van der Waals surface area contributed by atoms with Crippen LogP contribution in [-0.4, -0.2) is 28.1 Å². The van der Waals surface area contributed by atoms with Crippen LogP contribution in [0.1, 0.15) is 6.42 Å². The first kappa shape index (κ1) is 13.8. The number of nitrogens with zero attached hydrogens (tertiary/aromatic N) is 1. The highest BCUT2D eigenvalue weighted by Gasteiger charge is 2.31. The summed E-state index contributed by atoms with van der Waals surface area (Å²) in [5, 5.41) is 0. The fourth-order valence-corrected chi connectivity index (χ4v) is 4.05. The van der Waals surface area contributed by atoms with Gasteiger partial charge in [-0.2, -0.15) is 13.1 Å². The highest BCUT2D eigenvalue weighted by Crippen LogP contribution is 2.30. The summed E-state index contributed by atoms with van der Waals surface area (Å²) in [6, 6.07) is 7.29. The van der Waals surface area contributed by atoms with E-state index in [1.165, 1.54) is 4.31 Å². The van der Waals surface area contributed by atoms with E-state index in [1.54, 1.807) is 6.07 Å². The smallest absolute Gasteiger partial charge is 0.301 e. The second-order valence-corrected chi connectivity index (χ2v) is 6.81. The minimum Gasteiger partial charge on any atom is -0.330 e. The SMILES string of the molecule is NCCC1CNS(=O)(=O)N(c2ccccc2Br)C1. The lowest BCUT2D eigenvalue weighted by molar-refractivity contribution is 0.459. The van der Waals surface area contributed by atoms with Crippen molar-refractivity contribution < 1.29 is 8.42 Å². The highest BCUT2D eigenvalue weighted by atomic mass is 79.9. The Balaban J connectivity index is 2.30. The maximum atomic E-state index is 12.0. The Kier molecular flexibility index (Phi) is 4.26. The topological polar surface area (TPSA) is 75.4 Å². The third kappa shape index (κ3) is 2.85. The second-order valence-electron chi connectivity index (χ2n) is 4.28. The fourth-order valence-electron chi connectivity index (χ4n) is 2.01. The Morgan fingerprint density at radius 1 is 1.44 bits per heavy atom. The van der Waals surface area contributed by atoms with E-state index < -0.39 is 10.2 Å². The van der Waals surface area contributed by atoms with E-state index in [1.807, 2.05) is 18.2 Å². The predicted molar refractivity (Wildman–Crippen MR) is 75.6 cm³/mol. The molecule has 1 unspecified atom stereocenters. The molecule has 0 radical (unpaired) electrons. The molecule has 1 saturated heterocycles. The third-order valence-electron chi connectivity index (χ3n) is 2.96. The lowest BCUT2D eigenvalue weighted by atomic mass is 10.1. The van der Waals surface area contributed by atoms with E-state index in [2.05, 4.69) is 20.7 Å². The van der Waals surface area contributed by atoms with Crippen LogP contribution in [0.2, 0.25) is 0 Å². The quantitative estimate of drug-likeness (QED) is 0.868. The van der Waals surface area contributed by atoms with Gasteiger partial charge in [0.15, 0.2) is 0 Å². The van der Waals surface area contributed by atoms with Crippen LogP contribution >= 0.6 is 15.9 Å². The van der Waals surface area contributed by atoms with Gasteiger partial charge < -0.3 is 5.73 Å². The number of nitrogens with two attached hydrogens (primary N) is 1. The van der Waals surface area contributed by atoms with Crippen molar-refractivity contribution in [2.45, 2.75) is 6.42 Å². The van der Waals surface area contributed by atoms with Gasteiger partial charge in [-0.25, -0.2) is 0 Å². The van der Waals surface area contributed by atoms with E-state index in [0.29, 0.717) is 25.3 Å². The second kappa shape index (κ2) is 5.56. The fraction of sp³-hybridized carbons (Fsp3) is 0.455. The van der Waals surface area contributed by atoms with E-state index in [-0.39, 0.29) is 5.92 Å². The molecule has 1 atom stereocenters. The average molecular weight is 334 g/mol. The maximum Gasteiger partial charge on any atom is 0.301 e. The molecule has 0 amide bonds. The van der Waals surface area contributed by atoms with E-state index >= 15 is 0 Å². The van der Waals surface area contributed by atoms with Gasteiger partial charge in [-0.1, -0.05) is 12.1 Å².